The molecule has 1 aromatic heterocycles. The average molecular weight is 422 g/mol. The zero-order chi connectivity index (χ0) is 19.7. The molecule has 9 heteroatoms. The van der Waals surface area contributed by atoms with Crippen LogP contribution in [0.2, 0.25) is 5.02 Å². The maximum Gasteiger partial charge on any atom is 0.240 e. The fourth-order valence-electron chi connectivity index (χ4n) is 3.06. The first-order valence-electron chi connectivity index (χ1n) is 8.59. The van der Waals surface area contributed by atoms with Gasteiger partial charge in [-0.2, -0.15) is 0 Å². The van der Waals surface area contributed by atoms with E-state index in [2.05, 4.69) is 9.71 Å². The summed E-state index contributed by atoms with van der Waals surface area (Å²) in [5, 5.41) is 0.651. The SMILES string of the molecule is O=S(=O)(NCC1Cn2c(-c3ccc(Cl)cc3)cnc2CO1)c1ccc(F)cc1. The zero-order valence-electron chi connectivity index (χ0n) is 14.7. The molecule has 0 bridgehead atoms. The van der Waals surface area contributed by atoms with Crippen LogP contribution < -0.4 is 4.72 Å². The summed E-state index contributed by atoms with van der Waals surface area (Å²) in [5.74, 6) is 0.291. The molecule has 1 aliphatic heterocycles. The smallest absolute Gasteiger partial charge is 0.240 e. The van der Waals surface area contributed by atoms with Gasteiger partial charge in [-0.15, -0.1) is 0 Å². The number of aromatic nitrogens is 2. The lowest BCUT2D eigenvalue weighted by Gasteiger charge is -2.26. The van der Waals surface area contributed by atoms with Crippen molar-refractivity contribution in [1.29, 1.82) is 0 Å². The standard InChI is InChI=1S/C19H17ClFN3O3S/c20-14-3-1-13(2-4-14)18-10-22-19-12-27-16(11-24(18)19)9-23-28(25,26)17-7-5-15(21)6-8-17/h1-8,10,16,23H,9,11-12H2. The number of halogens is 2. The van der Waals surface area contributed by atoms with E-state index in [1.807, 2.05) is 28.8 Å². The van der Waals surface area contributed by atoms with Gasteiger partial charge in [0.25, 0.3) is 0 Å². The van der Waals surface area contributed by atoms with Crippen LogP contribution in [0, 0.1) is 5.82 Å². The summed E-state index contributed by atoms with van der Waals surface area (Å²) in [7, 11) is -3.74. The first-order valence-corrected chi connectivity index (χ1v) is 10.5. The number of hydrogen-bond donors (Lipinski definition) is 1. The Labute approximate surface area is 167 Å². The molecule has 1 unspecified atom stereocenters. The number of ether oxygens (including phenoxy) is 1. The van der Waals surface area contributed by atoms with Crippen molar-refractivity contribution in [1.82, 2.24) is 14.3 Å². The fraction of sp³-hybridized carbons (Fsp3) is 0.211. The van der Waals surface area contributed by atoms with Gasteiger partial charge in [-0.1, -0.05) is 23.7 Å². The van der Waals surface area contributed by atoms with Crippen LogP contribution in [0.1, 0.15) is 5.82 Å². The lowest BCUT2D eigenvalue weighted by molar-refractivity contribution is 0.00634. The molecule has 1 atom stereocenters. The van der Waals surface area contributed by atoms with Gasteiger partial charge in [0.15, 0.2) is 0 Å². The van der Waals surface area contributed by atoms with Gasteiger partial charge in [0.05, 0.1) is 29.4 Å². The van der Waals surface area contributed by atoms with Gasteiger partial charge < -0.3 is 9.30 Å². The Morgan fingerprint density at radius 3 is 2.61 bits per heavy atom. The van der Waals surface area contributed by atoms with Crippen LogP contribution in [0.3, 0.4) is 0 Å². The maximum absolute atomic E-state index is 13.0. The number of imidazole rings is 1. The van der Waals surface area contributed by atoms with Crippen LogP contribution in [0.5, 0.6) is 0 Å². The molecule has 0 saturated heterocycles. The predicted octanol–water partition coefficient (Wildman–Crippen LogP) is 3.22. The van der Waals surface area contributed by atoms with Crippen LogP contribution in [0.15, 0.2) is 59.6 Å². The second-order valence-electron chi connectivity index (χ2n) is 6.42. The monoisotopic (exact) mass is 421 g/mol. The molecule has 28 heavy (non-hydrogen) atoms. The summed E-state index contributed by atoms with van der Waals surface area (Å²) >= 11 is 5.95. The molecule has 2 heterocycles. The van der Waals surface area contributed by atoms with E-state index in [-0.39, 0.29) is 24.2 Å². The van der Waals surface area contributed by atoms with Crippen molar-refractivity contribution >= 4 is 21.6 Å². The zero-order valence-corrected chi connectivity index (χ0v) is 16.3. The summed E-state index contributed by atoms with van der Waals surface area (Å²) in [6.07, 6.45) is 1.41. The molecule has 0 fully saturated rings. The van der Waals surface area contributed by atoms with E-state index in [1.54, 1.807) is 6.20 Å². The van der Waals surface area contributed by atoms with Crippen molar-refractivity contribution < 1.29 is 17.5 Å². The summed E-state index contributed by atoms with van der Waals surface area (Å²) in [6, 6.07) is 12.1. The Kier molecular flexibility index (Phi) is 5.20. The van der Waals surface area contributed by atoms with Gasteiger partial charge in [0.2, 0.25) is 10.0 Å². The molecule has 6 nitrogen and oxygen atoms in total. The van der Waals surface area contributed by atoms with Crippen molar-refractivity contribution in [2.45, 2.75) is 24.2 Å². The highest BCUT2D eigenvalue weighted by atomic mass is 35.5. The topological polar surface area (TPSA) is 73.2 Å². The second kappa shape index (κ2) is 7.63. The minimum atomic E-state index is -3.74. The van der Waals surface area contributed by atoms with E-state index < -0.39 is 15.8 Å². The third-order valence-electron chi connectivity index (χ3n) is 4.54. The highest BCUT2D eigenvalue weighted by Gasteiger charge is 2.25. The van der Waals surface area contributed by atoms with Crippen molar-refractivity contribution in [3.05, 3.63) is 71.4 Å². The normalized spacial score (nSPS) is 16.7. The van der Waals surface area contributed by atoms with Gasteiger partial charge in [0, 0.05) is 11.6 Å². The fourth-order valence-corrected chi connectivity index (χ4v) is 4.25. The highest BCUT2D eigenvalue weighted by molar-refractivity contribution is 7.89. The van der Waals surface area contributed by atoms with E-state index in [1.165, 1.54) is 12.1 Å². The van der Waals surface area contributed by atoms with E-state index in [0.29, 0.717) is 11.6 Å². The molecule has 0 amide bonds. The molecule has 2 aromatic carbocycles. The molecule has 3 aromatic rings. The Balaban J connectivity index is 1.47. The lowest BCUT2D eigenvalue weighted by atomic mass is 10.1. The molecule has 146 valence electrons. The molecule has 1 N–H and O–H groups in total. The Bertz CT molecular complexity index is 1080. The number of benzene rings is 2. The lowest BCUT2D eigenvalue weighted by Crippen LogP contribution is -2.39. The molecular weight excluding hydrogens is 405 g/mol. The van der Waals surface area contributed by atoms with E-state index in [0.717, 1.165) is 29.2 Å². The molecule has 0 aliphatic carbocycles. The largest absolute Gasteiger partial charge is 0.367 e. The van der Waals surface area contributed by atoms with E-state index in [9.17, 15) is 12.8 Å². The summed E-state index contributed by atoms with van der Waals surface area (Å²) in [4.78, 5) is 4.39. The van der Waals surface area contributed by atoms with Crippen molar-refractivity contribution in [3.8, 4) is 11.3 Å². The molecule has 0 saturated carbocycles. The van der Waals surface area contributed by atoms with Crippen LogP contribution >= 0.6 is 11.6 Å². The quantitative estimate of drug-likeness (QED) is 0.686. The summed E-state index contributed by atoms with van der Waals surface area (Å²) in [5.41, 5.74) is 1.89. The number of fused-ring (bicyclic) bond motifs is 1. The minimum absolute atomic E-state index is 0.00915. The first-order chi connectivity index (χ1) is 13.4. The third kappa shape index (κ3) is 3.95. The molecular formula is C19H17ClFN3O3S. The third-order valence-corrected chi connectivity index (χ3v) is 6.23. The van der Waals surface area contributed by atoms with E-state index >= 15 is 0 Å². The van der Waals surface area contributed by atoms with Gasteiger partial charge in [0.1, 0.15) is 18.2 Å². The minimum Gasteiger partial charge on any atom is -0.367 e. The predicted molar refractivity (Wildman–Crippen MR) is 103 cm³/mol. The van der Waals surface area contributed by atoms with Crippen molar-refractivity contribution in [3.63, 3.8) is 0 Å². The van der Waals surface area contributed by atoms with E-state index in [4.69, 9.17) is 16.3 Å². The van der Waals surface area contributed by atoms with Crippen LogP contribution in [0.4, 0.5) is 4.39 Å². The summed E-state index contributed by atoms with van der Waals surface area (Å²) in [6.45, 7) is 0.840. The first kappa shape index (κ1) is 19.1. The number of hydrogen-bond acceptors (Lipinski definition) is 4. The Hall–Kier alpha value is -2.26. The number of nitrogens with one attached hydrogen (secondary N) is 1. The second-order valence-corrected chi connectivity index (χ2v) is 8.62. The molecule has 0 spiro atoms. The van der Waals surface area contributed by atoms with Crippen LogP contribution in [0.25, 0.3) is 11.3 Å². The Morgan fingerprint density at radius 1 is 1.18 bits per heavy atom. The maximum atomic E-state index is 13.0. The number of sulfonamides is 1. The number of nitrogens with zero attached hydrogens (tertiary/aromatic N) is 2. The molecule has 4 rings (SSSR count). The van der Waals surface area contributed by atoms with Gasteiger partial charge in [-0.05, 0) is 42.0 Å². The highest BCUT2D eigenvalue weighted by Crippen LogP contribution is 2.26. The van der Waals surface area contributed by atoms with Crippen molar-refractivity contribution in [2.24, 2.45) is 0 Å². The molecule has 1 aliphatic rings. The van der Waals surface area contributed by atoms with Gasteiger partial charge in [-0.3, -0.25) is 0 Å². The number of rotatable bonds is 5. The van der Waals surface area contributed by atoms with Crippen LogP contribution in [-0.4, -0.2) is 30.6 Å². The van der Waals surface area contributed by atoms with Gasteiger partial charge >= 0.3 is 0 Å². The Morgan fingerprint density at radius 2 is 1.89 bits per heavy atom. The van der Waals surface area contributed by atoms with Crippen LogP contribution in [-0.2, 0) is 27.9 Å². The van der Waals surface area contributed by atoms with Gasteiger partial charge in [-0.25, -0.2) is 22.5 Å². The average Bonchev–Trinajstić information content (AvgIpc) is 3.11. The van der Waals surface area contributed by atoms with Crippen molar-refractivity contribution in [2.75, 3.05) is 6.54 Å². The molecule has 0 radical (unpaired) electrons. The summed E-state index contributed by atoms with van der Waals surface area (Å²) < 4.78 is 48.0.